The third kappa shape index (κ3) is 7.45. The van der Waals surface area contributed by atoms with E-state index in [4.69, 9.17) is 33.0 Å². The number of esters is 1. The van der Waals surface area contributed by atoms with Gasteiger partial charge in [0.25, 0.3) is 0 Å². The van der Waals surface area contributed by atoms with Gasteiger partial charge < -0.3 is 9.84 Å². The molecule has 1 N–H and O–H groups in total. The maximum atomic E-state index is 12.0. The minimum Gasteiger partial charge on any atom is -0.459 e. The summed E-state index contributed by atoms with van der Waals surface area (Å²) in [5.74, 6) is -0.287. The number of aliphatic hydroxyl groups is 1. The normalized spacial score (nSPS) is 11.8. The van der Waals surface area contributed by atoms with E-state index in [2.05, 4.69) is 0 Å². The Balaban J connectivity index is 2.71. The van der Waals surface area contributed by atoms with E-state index in [-0.39, 0.29) is 19.1 Å². The summed E-state index contributed by atoms with van der Waals surface area (Å²) >= 11 is 11.9. The Kier molecular flexibility index (Phi) is 7.63. The smallest absolute Gasteiger partial charge is 0.320 e. The van der Waals surface area contributed by atoms with E-state index >= 15 is 0 Å². The van der Waals surface area contributed by atoms with Crippen LogP contribution in [0.15, 0.2) is 18.2 Å². The lowest BCUT2D eigenvalue weighted by molar-refractivity contribution is -0.156. The molecule has 1 aromatic carbocycles. The molecule has 0 saturated heterocycles. The van der Waals surface area contributed by atoms with Crippen LogP contribution in [0, 0.1) is 0 Å². The fraction of sp³-hybridized carbons (Fsp3) is 0.562. The fourth-order valence-electron chi connectivity index (χ4n) is 1.96. The summed E-state index contributed by atoms with van der Waals surface area (Å²) in [7, 11) is 0. The Morgan fingerprint density at radius 3 is 2.50 bits per heavy atom. The van der Waals surface area contributed by atoms with E-state index in [0.29, 0.717) is 29.6 Å². The first kappa shape index (κ1) is 19.2. The Labute approximate surface area is 142 Å². The Hall–Kier alpha value is -0.810. The second kappa shape index (κ2) is 8.73. The predicted molar refractivity (Wildman–Crippen MR) is 89.3 cm³/mol. The first-order valence-corrected chi connectivity index (χ1v) is 7.96. The summed E-state index contributed by atoms with van der Waals surface area (Å²) in [5, 5.41) is 9.99. The average molecular weight is 348 g/mol. The molecule has 1 rings (SSSR count). The van der Waals surface area contributed by atoms with Crippen molar-refractivity contribution in [2.75, 3.05) is 19.7 Å². The van der Waals surface area contributed by atoms with Gasteiger partial charge in [-0.3, -0.25) is 9.69 Å². The molecular weight excluding hydrogens is 325 g/mol. The molecule has 0 atom stereocenters. The molecule has 0 radical (unpaired) electrons. The van der Waals surface area contributed by atoms with Crippen molar-refractivity contribution in [3.8, 4) is 0 Å². The second-order valence-corrected chi connectivity index (χ2v) is 6.94. The number of hydrogen-bond acceptors (Lipinski definition) is 4. The molecule has 0 aliphatic rings. The van der Waals surface area contributed by atoms with Crippen molar-refractivity contribution >= 4 is 29.2 Å². The molecule has 22 heavy (non-hydrogen) atoms. The number of carbonyl (C=O) groups is 1. The van der Waals surface area contributed by atoms with Crippen LogP contribution in [0.3, 0.4) is 0 Å². The van der Waals surface area contributed by atoms with Crippen LogP contribution >= 0.6 is 23.2 Å². The molecule has 6 heteroatoms. The monoisotopic (exact) mass is 347 g/mol. The topological polar surface area (TPSA) is 49.8 Å². The lowest BCUT2D eigenvalue weighted by atomic mass is 10.2. The molecule has 0 aliphatic carbocycles. The van der Waals surface area contributed by atoms with Crippen LogP contribution in [0.1, 0.15) is 32.8 Å². The van der Waals surface area contributed by atoms with Crippen LogP contribution in [-0.4, -0.2) is 41.3 Å². The van der Waals surface area contributed by atoms with E-state index in [0.717, 1.165) is 5.56 Å². The maximum Gasteiger partial charge on any atom is 0.320 e. The highest BCUT2D eigenvalue weighted by Crippen LogP contribution is 2.23. The number of nitrogens with zero attached hydrogens (tertiary/aromatic N) is 1. The minimum absolute atomic E-state index is 0.0756. The lowest BCUT2D eigenvalue weighted by Crippen LogP contribution is -2.35. The Morgan fingerprint density at radius 2 is 1.95 bits per heavy atom. The zero-order valence-corrected chi connectivity index (χ0v) is 14.7. The third-order valence-corrected chi connectivity index (χ3v) is 3.53. The molecule has 0 aromatic heterocycles. The van der Waals surface area contributed by atoms with Gasteiger partial charge >= 0.3 is 5.97 Å². The number of halogens is 2. The van der Waals surface area contributed by atoms with Gasteiger partial charge in [0, 0.05) is 19.7 Å². The molecule has 0 heterocycles. The van der Waals surface area contributed by atoms with Crippen LogP contribution in [0.4, 0.5) is 0 Å². The molecule has 0 bridgehead atoms. The molecule has 0 spiro atoms. The van der Waals surface area contributed by atoms with Crippen molar-refractivity contribution in [1.29, 1.82) is 0 Å². The van der Waals surface area contributed by atoms with Gasteiger partial charge in [0.2, 0.25) is 0 Å². The van der Waals surface area contributed by atoms with E-state index in [1.807, 2.05) is 31.7 Å². The summed E-state index contributed by atoms with van der Waals surface area (Å²) in [6.07, 6.45) is 0.587. The molecule has 4 nitrogen and oxygen atoms in total. The van der Waals surface area contributed by atoms with Gasteiger partial charge in [-0.25, -0.2) is 0 Å². The van der Waals surface area contributed by atoms with Crippen LogP contribution in [0.5, 0.6) is 0 Å². The van der Waals surface area contributed by atoms with Crippen molar-refractivity contribution in [2.45, 2.75) is 39.3 Å². The van der Waals surface area contributed by atoms with Gasteiger partial charge in [0.1, 0.15) is 5.60 Å². The van der Waals surface area contributed by atoms with Crippen LogP contribution < -0.4 is 0 Å². The number of hydrogen-bond donors (Lipinski definition) is 1. The summed E-state index contributed by atoms with van der Waals surface area (Å²) < 4.78 is 5.34. The molecular formula is C16H23Cl2NO3. The average Bonchev–Trinajstić information content (AvgIpc) is 2.38. The van der Waals surface area contributed by atoms with E-state index in [1.54, 1.807) is 12.1 Å². The molecule has 0 amide bonds. The molecule has 0 unspecified atom stereocenters. The lowest BCUT2D eigenvalue weighted by Gasteiger charge is -2.25. The second-order valence-electron chi connectivity index (χ2n) is 6.12. The molecule has 1 aromatic rings. The molecule has 0 aliphatic heterocycles. The first-order valence-electron chi connectivity index (χ1n) is 7.20. The van der Waals surface area contributed by atoms with Gasteiger partial charge in [-0.1, -0.05) is 29.3 Å². The third-order valence-electron chi connectivity index (χ3n) is 2.80. The number of benzene rings is 1. The van der Waals surface area contributed by atoms with E-state index < -0.39 is 5.60 Å². The van der Waals surface area contributed by atoms with Crippen LogP contribution in [0.2, 0.25) is 10.0 Å². The van der Waals surface area contributed by atoms with Gasteiger partial charge in [0.15, 0.2) is 0 Å². The number of ether oxygens (including phenoxy) is 1. The Morgan fingerprint density at radius 1 is 1.27 bits per heavy atom. The minimum atomic E-state index is -0.511. The van der Waals surface area contributed by atoms with Gasteiger partial charge in [-0.2, -0.15) is 0 Å². The first-order chi connectivity index (χ1) is 10.2. The fourth-order valence-corrected chi connectivity index (χ4v) is 2.28. The zero-order valence-electron chi connectivity index (χ0n) is 13.2. The summed E-state index contributed by atoms with van der Waals surface area (Å²) in [6.45, 7) is 6.88. The quantitative estimate of drug-likeness (QED) is 0.766. The van der Waals surface area contributed by atoms with Crippen LogP contribution in [-0.2, 0) is 16.1 Å². The highest BCUT2D eigenvalue weighted by Gasteiger charge is 2.19. The summed E-state index contributed by atoms with van der Waals surface area (Å²) in [6, 6.07) is 5.39. The highest BCUT2D eigenvalue weighted by molar-refractivity contribution is 6.42. The van der Waals surface area contributed by atoms with Gasteiger partial charge in [-0.15, -0.1) is 0 Å². The van der Waals surface area contributed by atoms with E-state index in [1.165, 1.54) is 0 Å². The van der Waals surface area contributed by atoms with Crippen molar-refractivity contribution < 1.29 is 14.6 Å². The number of rotatable bonds is 7. The SMILES string of the molecule is CC(C)(C)OC(=O)CN(CCCO)Cc1ccc(Cl)c(Cl)c1. The van der Waals surface area contributed by atoms with E-state index in [9.17, 15) is 4.79 Å². The standard InChI is InChI=1S/C16H23Cl2NO3/c1-16(2,3)22-15(21)11-19(7-4-8-20)10-12-5-6-13(17)14(18)9-12/h5-6,9,20H,4,7-8,10-11H2,1-3H3. The van der Waals surface area contributed by atoms with Gasteiger partial charge in [-0.05, 0) is 44.9 Å². The Bertz CT molecular complexity index is 501. The van der Waals surface area contributed by atoms with Crippen molar-refractivity contribution in [1.82, 2.24) is 4.90 Å². The van der Waals surface area contributed by atoms with Crippen LogP contribution in [0.25, 0.3) is 0 Å². The molecule has 0 saturated carbocycles. The van der Waals surface area contributed by atoms with Crippen molar-refractivity contribution in [3.63, 3.8) is 0 Å². The summed E-state index contributed by atoms with van der Waals surface area (Å²) in [4.78, 5) is 13.9. The predicted octanol–water partition coefficient (Wildman–Crippen LogP) is 3.52. The number of aliphatic hydroxyl groups excluding tert-OH is 1. The van der Waals surface area contributed by atoms with Gasteiger partial charge in [0.05, 0.1) is 16.6 Å². The highest BCUT2D eigenvalue weighted by atomic mass is 35.5. The zero-order chi connectivity index (χ0) is 16.8. The molecule has 124 valence electrons. The largest absolute Gasteiger partial charge is 0.459 e. The molecule has 0 fully saturated rings. The number of carbonyl (C=O) groups excluding carboxylic acids is 1. The maximum absolute atomic E-state index is 12.0. The van der Waals surface area contributed by atoms with Crippen molar-refractivity contribution in [3.05, 3.63) is 33.8 Å². The summed E-state index contributed by atoms with van der Waals surface area (Å²) in [5.41, 5.74) is 0.444. The van der Waals surface area contributed by atoms with Crippen molar-refractivity contribution in [2.24, 2.45) is 0 Å².